The van der Waals surface area contributed by atoms with Crippen LogP contribution in [0.5, 0.6) is 0 Å². The Morgan fingerprint density at radius 2 is 1.79 bits per heavy atom. The van der Waals surface area contributed by atoms with Gasteiger partial charge >= 0.3 is 5.97 Å². The van der Waals surface area contributed by atoms with Crippen LogP contribution in [-0.2, 0) is 0 Å². The van der Waals surface area contributed by atoms with Gasteiger partial charge in [0.15, 0.2) is 0 Å². The van der Waals surface area contributed by atoms with Crippen LogP contribution in [-0.4, -0.2) is 37.5 Å². The molecule has 0 spiro atoms. The molecule has 0 fully saturated rings. The van der Waals surface area contributed by atoms with E-state index in [1.54, 1.807) is 23.9 Å². The minimum absolute atomic E-state index is 0.312. The molecular formula is C19H32N2O2S. The standard InChI is InChI=1S/C15H21NO2S.C4H11N/c1-4-11(2)9-19-10-14(16-3)12-5-7-13(8-6-12)15(17)18;1-3-4-5-2/h5-8,10-11,16H,4,9H2,1-3H3,(H,17,18);5H,3-4H2,1-2H3/b14-10-;. The van der Waals surface area contributed by atoms with Crippen LogP contribution in [0.25, 0.3) is 5.70 Å². The second kappa shape index (κ2) is 13.9. The second-order valence-electron chi connectivity index (χ2n) is 5.61. The van der Waals surface area contributed by atoms with Crippen LogP contribution in [0.15, 0.2) is 29.7 Å². The lowest BCUT2D eigenvalue weighted by Crippen LogP contribution is -2.05. The lowest BCUT2D eigenvalue weighted by Gasteiger charge is -2.09. The molecule has 0 saturated carbocycles. The van der Waals surface area contributed by atoms with Crippen molar-refractivity contribution in [3.63, 3.8) is 0 Å². The maximum atomic E-state index is 10.8. The Kier molecular flexibility index (Phi) is 13.1. The first-order valence-corrected chi connectivity index (χ1v) is 9.52. The SMILES string of the molecule is CCC(C)CS/C=C(\NC)c1ccc(C(=O)O)cc1.CCCNC. The minimum Gasteiger partial charge on any atom is -0.478 e. The fourth-order valence-corrected chi connectivity index (χ4v) is 2.81. The van der Waals surface area contributed by atoms with Crippen molar-refractivity contribution in [1.82, 2.24) is 10.6 Å². The Hall–Kier alpha value is -1.46. The van der Waals surface area contributed by atoms with Gasteiger partial charge in [0.2, 0.25) is 0 Å². The van der Waals surface area contributed by atoms with Crippen molar-refractivity contribution in [2.45, 2.75) is 33.6 Å². The van der Waals surface area contributed by atoms with E-state index in [4.69, 9.17) is 5.11 Å². The van der Waals surface area contributed by atoms with Crippen LogP contribution in [0.3, 0.4) is 0 Å². The van der Waals surface area contributed by atoms with Crippen molar-refractivity contribution in [2.24, 2.45) is 5.92 Å². The van der Waals surface area contributed by atoms with Gasteiger partial charge in [0.1, 0.15) is 0 Å². The molecule has 5 heteroatoms. The van der Waals surface area contributed by atoms with E-state index in [9.17, 15) is 4.79 Å². The van der Waals surface area contributed by atoms with Gasteiger partial charge in [0, 0.05) is 18.5 Å². The number of hydrogen-bond acceptors (Lipinski definition) is 4. The van der Waals surface area contributed by atoms with Crippen molar-refractivity contribution in [1.29, 1.82) is 0 Å². The molecule has 136 valence electrons. The highest BCUT2D eigenvalue weighted by Gasteiger charge is 2.04. The zero-order chi connectivity index (χ0) is 18.4. The van der Waals surface area contributed by atoms with Gasteiger partial charge < -0.3 is 15.7 Å². The monoisotopic (exact) mass is 352 g/mol. The Morgan fingerprint density at radius 3 is 2.17 bits per heavy atom. The molecule has 0 radical (unpaired) electrons. The van der Waals surface area contributed by atoms with Crippen molar-refractivity contribution < 1.29 is 9.90 Å². The summed E-state index contributed by atoms with van der Waals surface area (Å²) in [5.41, 5.74) is 2.33. The van der Waals surface area contributed by atoms with Crippen LogP contribution in [0.2, 0.25) is 0 Å². The highest BCUT2D eigenvalue weighted by atomic mass is 32.2. The van der Waals surface area contributed by atoms with E-state index in [0.29, 0.717) is 11.5 Å². The van der Waals surface area contributed by atoms with Crippen LogP contribution >= 0.6 is 11.8 Å². The van der Waals surface area contributed by atoms with Gasteiger partial charge in [-0.05, 0) is 49.0 Å². The van der Waals surface area contributed by atoms with E-state index < -0.39 is 5.97 Å². The molecule has 24 heavy (non-hydrogen) atoms. The molecule has 0 aliphatic rings. The number of hydrogen-bond donors (Lipinski definition) is 3. The summed E-state index contributed by atoms with van der Waals surface area (Å²) in [4.78, 5) is 10.8. The predicted molar refractivity (Wildman–Crippen MR) is 107 cm³/mol. The number of carboxylic acids is 1. The summed E-state index contributed by atoms with van der Waals surface area (Å²) >= 11 is 1.78. The van der Waals surface area contributed by atoms with Crippen LogP contribution < -0.4 is 10.6 Å². The summed E-state index contributed by atoms with van der Waals surface area (Å²) in [7, 11) is 3.84. The fourth-order valence-electron chi connectivity index (χ4n) is 1.73. The molecule has 1 aromatic carbocycles. The lowest BCUT2D eigenvalue weighted by molar-refractivity contribution is 0.0697. The number of carboxylic acid groups (broad SMARTS) is 1. The molecule has 0 aliphatic heterocycles. The van der Waals surface area contributed by atoms with Crippen molar-refractivity contribution in [3.05, 3.63) is 40.8 Å². The maximum Gasteiger partial charge on any atom is 0.335 e. The first-order valence-electron chi connectivity index (χ1n) is 8.47. The third-order valence-electron chi connectivity index (χ3n) is 3.49. The van der Waals surface area contributed by atoms with E-state index in [1.807, 2.05) is 26.2 Å². The van der Waals surface area contributed by atoms with Gasteiger partial charge in [-0.3, -0.25) is 0 Å². The third kappa shape index (κ3) is 9.63. The summed E-state index contributed by atoms with van der Waals surface area (Å²) in [5, 5.41) is 17.1. The molecule has 0 bridgehead atoms. The first-order chi connectivity index (χ1) is 11.5. The van der Waals surface area contributed by atoms with Crippen LogP contribution in [0.1, 0.15) is 49.5 Å². The molecule has 0 heterocycles. The van der Waals surface area contributed by atoms with Gasteiger partial charge in [-0.1, -0.05) is 39.3 Å². The van der Waals surface area contributed by atoms with Crippen LogP contribution in [0, 0.1) is 5.92 Å². The highest BCUT2D eigenvalue weighted by Crippen LogP contribution is 2.19. The number of aromatic carboxylic acids is 1. The second-order valence-corrected chi connectivity index (χ2v) is 6.52. The normalized spacial score (nSPS) is 12.1. The Bertz CT molecular complexity index is 485. The largest absolute Gasteiger partial charge is 0.478 e. The third-order valence-corrected chi connectivity index (χ3v) is 4.65. The van der Waals surface area contributed by atoms with Gasteiger partial charge in [0.25, 0.3) is 0 Å². The van der Waals surface area contributed by atoms with E-state index in [-0.39, 0.29) is 0 Å². The minimum atomic E-state index is -0.896. The average Bonchev–Trinajstić information content (AvgIpc) is 2.60. The first kappa shape index (κ1) is 22.5. The number of carbonyl (C=O) groups is 1. The summed E-state index contributed by atoms with van der Waals surface area (Å²) in [5.74, 6) is 0.899. The number of thioether (sulfide) groups is 1. The molecule has 3 N–H and O–H groups in total. The van der Waals surface area contributed by atoms with E-state index in [2.05, 4.69) is 36.8 Å². The zero-order valence-corrected chi connectivity index (χ0v) is 16.4. The molecule has 1 atom stereocenters. The van der Waals surface area contributed by atoms with Gasteiger partial charge in [-0.2, -0.15) is 0 Å². The molecule has 0 saturated heterocycles. The molecular weight excluding hydrogens is 320 g/mol. The quantitative estimate of drug-likeness (QED) is 0.618. The van der Waals surface area contributed by atoms with Gasteiger partial charge in [-0.25, -0.2) is 4.79 Å². The number of benzene rings is 1. The summed E-state index contributed by atoms with van der Waals surface area (Å²) in [6, 6.07) is 6.91. The molecule has 0 aromatic heterocycles. The van der Waals surface area contributed by atoms with E-state index in [0.717, 1.165) is 23.6 Å². The average molecular weight is 353 g/mol. The predicted octanol–water partition coefficient (Wildman–Crippen LogP) is 4.30. The molecule has 1 unspecified atom stereocenters. The van der Waals surface area contributed by atoms with Crippen molar-refractivity contribution >= 4 is 23.4 Å². The Morgan fingerprint density at radius 1 is 1.21 bits per heavy atom. The molecule has 1 rings (SSSR count). The molecule has 0 amide bonds. The van der Waals surface area contributed by atoms with Gasteiger partial charge in [0.05, 0.1) is 5.56 Å². The Balaban J connectivity index is 0.000000922. The van der Waals surface area contributed by atoms with E-state index in [1.165, 1.54) is 12.8 Å². The van der Waals surface area contributed by atoms with Gasteiger partial charge in [-0.15, -0.1) is 11.8 Å². The Labute approximate surface area is 151 Å². The summed E-state index contributed by atoms with van der Waals surface area (Å²) in [6.07, 6.45) is 2.42. The zero-order valence-electron chi connectivity index (χ0n) is 15.6. The lowest BCUT2D eigenvalue weighted by atomic mass is 10.1. The number of nitrogens with one attached hydrogen (secondary N) is 2. The van der Waals surface area contributed by atoms with Crippen molar-refractivity contribution in [3.8, 4) is 0 Å². The number of rotatable bonds is 9. The van der Waals surface area contributed by atoms with Crippen LogP contribution in [0.4, 0.5) is 0 Å². The maximum absolute atomic E-state index is 10.8. The molecule has 0 aliphatic carbocycles. The molecule has 4 nitrogen and oxygen atoms in total. The smallest absolute Gasteiger partial charge is 0.335 e. The summed E-state index contributed by atoms with van der Waals surface area (Å²) in [6.45, 7) is 7.72. The van der Waals surface area contributed by atoms with Crippen molar-refractivity contribution in [2.75, 3.05) is 26.4 Å². The topological polar surface area (TPSA) is 61.4 Å². The fraction of sp³-hybridized carbons (Fsp3) is 0.526. The highest BCUT2D eigenvalue weighted by molar-refractivity contribution is 8.02. The molecule has 1 aromatic rings. The van der Waals surface area contributed by atoms with E-state index >= 15 is 0 Å². The summed E-state index contributed by atoms with van der Waals surface area (Å²) < 4.78 is 0.